The number of aliphatic hydroxyl groups excluding tert-OH is 1. The third-order valence-corrected chi connectivity index (χ3v) is 4.75. The molecule has 14 nitrogen and oxygen atoms in total. The van der Waals surface area contributed by atoms with Crippen molar-refractivity contribution in [2.75, 3.05) is 7.11 Å². The summed E-state index contributed by atoms with van der Waals surface area (Å²) in [5.41, 5.74) is 5.62. The molecular weight excluding hydrogens is 486 g/mol. The number of hydrogen-bond donors (Lipinski definition) is 2. The Kier molecular flexibility index (Phi) is 9.99. The van der Waals surface area contributed by atoms with Gasteiger partial charge in [0.25, 0.3) is 0 Å². The van der Waals surface area contributed by atoms with Crippen LogP contribution in [0.4, 0.5) is 4.79 Å². The summed E-state index contributed by atoms with van der Waals surface area (Å²) in [4.78, 5) is 58.8. The lowest BCUT2D eigenvalue weighted by Gasteiger charge is -2.43. The van der Waals surface area contributed by atoms with Crippen LogP contribution in [0.25, 0.3) is 0 Å². The first-order chi connectivity index (χ1) is 17.0. The third kappa shape index (κ3) is 7.55. The molecule has 0 radical (unpaired) electrons. The van der Waals surface area contributed by atoms with Crippen LogP contribution in [0.15, 0.2) is 18.2 Å². The molecule has 3 N–H and O–H groups in total. The summed E-state index contributed by atoms with van der Waals surface area (Å²) in [6.45, 7) is 2.47. The SMILES string of the molecule is COC(=O)[C@H]1O[C@@H](Oc2ccc(COC(N)=O)cc2CO)[C@H](OC(C)=O)[C@@H](OC(C)=O)[C@@H]1OC(C)=O. The molecule has 0 unspecified atom stereocenters. The quantitative estimate of drug-likeness (QED) is 0.327. The van der Waals surface area contributed by atoms with Crippen LogP contribution in [0.5, 0.6) is 5.75 Å². The van der Waals surface area contributed by atoms with E-state index in [1.807, 2.05) is 0 Å². The summed E-state index contributed by atoms with van der Waals surface area (Å²) in [5.74, 6) is -3.47. The van der Waals surface area contributed by atoms with Crippen LogP contribution in [-0.4, -0.2) is 72.9 Å². The van der Waals surface area contributed by atoms with Gasteiger partial charge in [-0.05, 0) is 17.7 Å². The highest BCUT2D eigenvalue weighted by Gasteiger charge is 2.55. The van der Waals surface area contributed by atoms with Gasteiger partial charge in [-0.15, -0.1) is 0 Å². The van der Waals surface area contributed by atoms with E-state index in [0.717, 1.165) is 27.9 Å². The first-order valence-corrected chi connectivity index (χ1v) is 10.5. The van der Waals surface area contributed by atoms with Crippen LogP contribution in [0.3, 0.4) is 0 Å². The van der Waals surface area contributed by atoms with Crippen molar-refractivity contribution in [2.24, 2.45) is 5.73 Å². The van der Waals surface area contributed by atoms with Crippen LogP contribution in [0.2, 0.25) is 0 Å². The van der Waals surface area contributed by atoms with Crippen LogP contribution < -0.4 is 10.5 Å². The molecule has 0 aliphatic carbocycles. The second-order valence-electron chi connectivity index (χ2n) is 7.50. The Hall–Kier alpha value is -3.91. The van der Waals surface area contributed by atoms with Crippen molar-refractivity contribution < 1.29 is 62.2 Å². The summed E-state index contributed by atoms with van der Waals surface area (Å²) < 4.78 is 36.7. The second-order valence-corrected chi connectivity index (χ2v) is 7.50. The average molecular weight is 513 g/mol. The number of esters is 4. The van der Waals surface area contributed by atoms with E-state index in [9.17, 15) is 29.1 Å². The number of methoxy groups -OCH3 is 1. The van der Waals surface area contributed by atoms with Gasteiger partial charge in [0.05, 0.1) is 13.7 Å². The molecule has 0 saturated carbocycles. The van der Waals surface area contributed by atoms with E-state index in [4.69, 9.17) is 38.9 Å². The fraction of sp³-hybridized carbons (Fsp3) is 0.500. The van der Waals surface area contributed by atoms with Crippen molar-refractivity contribution in [1.82, 2.24) is 0 Å². The number of rotatable bonds is 9. The molecule has 1 aliphatic heterocycles. The van der Waals surface area contributed by atoms with E-state index in [1.54, 1.807) is 0 Å². The summed E-state index contributed by atoms with van der Waals surface area (Å²) in [5, 5.41) is 9.81. The summed E-state index contributed by atoms with van der Waals surface area (Å²) in [7, 11) is 1.06. The minimum Gasteiger partial charge on any atom is -0.467 e. The molecule has 2 rings (SSSR count). The summed E-state index contributed by atoms with van der Waals surface area (Å²) in [6.07, 6.45) is -8.81. The number of carbonyl (C=O) groups is 5. The first-order valence-electron chi connectivity index (χ1n) is 10.5. The number of carbonyl (C=O) groups excluding carboxylic acids is 5. The highest BCUT2D eigenvalue weighted by atomic mass is 16.7. The third-order valence-electron chi connectivity index (χ3n) is 4.75. The van der Waals surface area contributed by atoms with Crippen LogP contribution in [0, 0.1) is 0 Å². The van der Waals surface area contributed by atoms with Crippen LogP contribution in [0.1, 0.15) is 31.9 Å². The highest BCUT2D eigenvalue weighted by molar-refractivity contribution is 5.77. The van der Waals surface area contributed by atoms with E-state index in [2.05, 4.69) is 0 Å². The van der Waals surface area contributed by atoms with E-state index in [1.165, 1.54) is 18.2 Å². The van der Waals surface area contributed by atoms with Gasteiger partial charge in [-0.25, -0.2) is 9.59 Å². The van der Waals surface area contributed by atoms with Gasteiger partial charge in [-0.3, -0.25) is 14.4 Å². The molecule has 5 atom stereocenters. The van der Waals surface area contributed by atoms with E-state index >= 15 is 0 Å². The second kappa shape index (κ2) is 12.7. The van der Waals surface area contributed by atoms with Gasteiger partial charge in [0.1, 0.15) is 12.4 Å². The number of aliphatic hydroxyl groups is 1. The zero-order valence-corrected chi connectivity index (χ0v) is 20.0. The van der Waals surface area contributed by atoms with Gasteiger partial charge in [0.2, 0.25) is 12.4 Å². The molecule has 198 valence electrons. The zero-order valence-electron chi connectivity index (χ0n) is 20.0. The van der Waals surface area contributed by atoms with Crippen molar-refractivity contribution in [2.45, 2.75) is 64.7 Å². The molecule has 1 aromatic rings. The molecule has 1 aliphatic rings. The summed E-state index contributed by atoms with van der Waals surface area (Å²) in [6, 6.07) is 4.33. The molecule has 36 heavy (non-hydrogen) atoms. The number of amides is 1. The normalized spacial score (nSPS) is 23.1. The molecular formula is C22H27NO13. The lowest BCUT2D eigenvalue weighted by molar-refractivity contribution is -0.282. The van der Waals surface area contributed by atoms with E-state index in [-0.39, 0.29) is 17.9 Å². The predicted molar refractivity (Wildman–Crippen MR) is 115 cm³/mol. The molecule has 1 fully saturated rings. The summed E-state index contributed by atoms with van der Waals surface area (Å²) >= 11 is 0. The fourth-order valence-corrected chi connectivity index (χ4v) is 3.42. The van der Waals surface area contributed by atoms with Crippen molar-refractivity contribution in [3.63, 3.8) is 0 Å². The maximum absolute atomic E-state index is 12.5. The molecule has 1 amide bonds. The van der Waals surface area contributed by atoms with Crippen molar-refractivity contribution in [3.05, 3.63) is 29.3 Å². The number of nitrogens with two attached hydrogens (primary N) is 1. The Balaban J connectivity index is 2.49. The van der Waals surface area contributed by atoms with E-state index < -0.39 is 67.3 Å². The Morgan fingerprint density at radius 3 is 2.06 bits per heavy atom. The van der Waals surface area contributed by atoms with Crippen LogP contribution >= 0.6 is 0 Å². The van der Waals surface area contributed by atoms with Crippen molar-refractivity contribution in [1.29, 1.82) is 0 Å². The average Bonchev–Trinajstić information content (AvgIpc) is 2.80. The van der Waals surface area contributed by atoms with E-state index in [0.29, 0.717) is 5.56 Å². The molecule has 0 bridgehead atoms. The topological polar surface area (TPSA) is 196 Å². The zero-order chi connectivity index (χ0) is 27.0. The number of hydrogen-bond acceptors (Lipinski definition) is 13. The standard InChI is InChI=1S/C22H27NO13/c1-10(25)32-16-17(33-11(2)26)19(34-12(3)27)21(36-18(16)20(28)30-4)35-15-6-5-13(7-14(15)8-24)9-31-22(23)29/h5-7,16-19,21,24H,8-9H2,1-4H3,(H2,23,29)/t16-,17-,18-,19+,21+/m0/s1. The number of benzene rings is 1. The smallest absolute Gasteiger partial charge is 0.404 e. The molecule has 1 heterocycles. The number of primary amides is 1. The molecule has 0 aromatic heterocycles. The first kappa shape index (κ1) is 28.3. The lowest BCUT2D eigenvalue weighted by Crippen LogP contribution is -2.64. The Morgan fingerprint density at radius 2 is 1.53 bits per heavy atom. The largest absolute Gasteiger partial charge is 0.467 e. The van der Waals surface area contributed by atoms with Crippen LogP contribution in [-0.2, 0) is 60.8 Å². The van der Waals surface area contributed by atoms with Gasteiger partial charge >= 0.3 is 30.0 Å². The fourth-order valence-electron chi connectivity index (χ4n) is 3.42. The molecule has 14 heteroatoms. The minimum atomic E-state index is -1.64. The Morgan fingerprint density at radius 1 is 0.944 bits per heavy atom. The van der Waals surface area contributed by atoms with Crippen molar-refractivity contribution >= 4 is 30.0 Å². The Labute approximate surface area is 205 Å². The number of ether oxygens (including phenoxy) is 7. The van der Waals surface area contributed by atoms with Gasteiger partial charge in [-0.2, -0.15) is 0 Å². The van der Waals surface area contributed by atoms with Gasteiger partial charge in [0, 0.05) is 26.3 Å². The van der Waals surface area contributed by atoms with Gasteiger partial charge in [0.15, 0.2) is 18.3 Å². The highest BCUT2D eigenvalue weighted by Crippen LogP contribution is 2.32. The molecule has 1 aromatic carbocycles. The predicted octanol–water partition coefficient (Wildman–Crippen LogP) is -0.154. The molecule has 0 spiro atoms. The lowest BCUT2D eigenvalue weighted by atomic mass is 9.97. The van der Waals surface area contributed by atoms with Crippen molar-refractivity contribution in [3.8, 4) is 5.75 Å². The Bertz CT molecular complexity index is 994. The van der Waals surface area contributed by atoms with Gasteiger partial charge in [-0.1, -0.05) is 6.07 Å². The minimum absolute atomic E-state index is 0.0265. The maximum atomic E-state index is 12.5. The maximum Gasteiger partial charge on any atom is 0.404 e. The van der Waals surface area contributed by atoms with Gasteiger partial charge < -0.3 is 44.0 Å². The molecule has 1 saturated heterocycles. The monoisotopic (exact) mass is 513 g/mol.